The number of para-hydroxylation sites is 1. The molecule has 0 fully saturated rings. The number of aryl methyl sites for hydroxylation is 1. The highest BCUT2D eigenvalue weighted by Crippen LogP contribution is 2.29. The maximum absolute atomic E-state index is 12.5. The maximum atomic E-state index is 12.5. The van der Waals surface area contributed by atoms with E-state index in [0.29, 0.717) is 24.5 Å². The van der Waals surface area contributed by atoms with Crippen molar-refractivity contribution in [3.63, 3.8) is 0 Å². The van der Waals surface area contributed by atoms with Crippen LogP contribution in [-0.4, -0.2) is 32.9 Å². The summed E-state index contributed by atoms with van der Waals surface area (Å²) in [6.07, 6.45) is 0.429. The van der Waals surface area contributed by atoms with E-state index in [1.54, 1.807) is 4.90 Å². The van der Waals surface area contributed by atoms with E-state index >= 15 is 0 Å². The molecule has 2 aliphatic heterocycles. The number of hydrogen-bond donors (Lipinski definition) is 0. The number of anilines is 1. The molecular formula is C28H20ClN5O. The predicted octanol–water partition coefficient (Wildman–Crippen LogP) is 4.52. The van der Waals surface area contributed by atoms with E-state index in [-0.39, 0.29) is 5.91 Å². The standard InChI is InChI=1S/C28H20ClN5O/c1-18-31-32-26-17-30-28(20-9-11-22(29)12-10-20)23-15-19(8-13-25(23)34(18)26)5-4-14-33-24-7-3-2-6-21(24)16-27(33)35/h2-3,6-13,15H,14,16-17H2,1H3. The van der Waals surface area contributed by atoms with Gasteiger partial charge in [0, 0.05) is 27.4 Å². The molecule has 35 heavy (non-hydrogen) atoms. The highest BCUT2D eigenvalue weighted by molar-refractivity contribution is 6.30. The summed E-state index contributed by atoms with van der Waals surface area (Å²) in [7, 11) is 0. The Labute approximate surface area is 207 Å². The minimum atomic E-state index is 0.0789. The van der Waals surface area contributed by atoms with Crippen LogP contribution in [0, 0.1) is 18.8 Å². The van der Waals surface area contributed by atoms with E-state index in [0.717, 1.165) is 51.0 Å². The van der Waals surface area contributed by atoms with Crippen LogP contribution in [0.1, 0.15) is 33.9 Å². The number of carbonyl (C=O) groups is 1. The molecule has 4 aromatic rings. The lowest BCUT2D eigenvalue weighted by Crippen LogP contribution is -2.26. The number of amides is 1. The molecule has 0 bridgehead atoms. The molecule has 1 amide bonds. The maximum Gasteiger partial charge on any atom is 0.232 e. The van der Waals surface area contributed by atoms with Crippen LogP contribution < -0.4 is 4.90 Å². The van der Waals surface area contributed by atoms with Gasteiger partial charge in [0.2, 0.25) is 5.91 Å². The zero-order valence-electron chi connectivity index (χ0n) is 19.0. The molecule has 6 rings (SSSR count). The number of rotatable bonds is 2. The lowest BCUT2D eigenvalue weighted by atomic mass is 9.98. The number of nitrogens with zero attached hydrogens (tertiary/aromatic N) is 5. The number of aromatic nitrogens is 3. The second-order valence-electron chi connectivity index (χ2n) is 8.49. The monoisotopic (exact) mass is 477 g/mol. The molecule has 0 unspecified atom stereocenters. The fourth-order valence-electron chi connectivity index (χ4n) is 4.62. The first-order valence-corrected chi connectivity index (χ1v) is 11.7. The van der Waals surface area contributed by atoms with Crippen molar-refractivity contribution in [3.05, 3.63) is 106 Å². The predicted molar refractivity (Wildman–Crippen MR) is 136 cm³/mol. The average molecular weight is 478 g/mol. The summed E-state index contributed by atoms with van der Waals surface area (Å²) in [4.78, 5) is 19.1. The Balaban J connectivity index is 1.38. The molecule has 1 aromatic heterocycles. The molecule has 0 saturated carbocycles. The molecule has 0 N–H and O–H groups in total. The van der Waals surface area contributed by atoms with Gasteiger partial charge in [-0.25, -0.2) is 0 Å². The van der Waals surface area contributed by atoms with Crippen LogP contribution in [-0.2, 0) is 17.8 Å². The summed E-state index contributed by atoms with van der Waals surface area (Å²) in [6.45, 7) is 2.71. The summed E-state index contributed by atoms with van der Waals surface area (Å²) in [6, 6.07) is 21.6. The van der Waals surface area contributed by atoms with Crippen LogP contribution in [0.25, 0.3) is 5.69 Å². The van der Waals surface area contributed by atoms with Crippen LogP contribution in [0.5, 0.6) is 0 Å². The Morgan fingerprint density at radius 2 is 1.83 bits per heavy atom. The van der Waals surface area contributed by atoms with Crippen LogP contribution in [0.15, 0.2) is 71.7 Å². The van der Waals surface area contributed by atoms with Gasteiger partial charge in [0.15, 0.2) is 5.82 Å². The molecule has 2 aliphatic rings. The van der Waals surface area contributed by atoms with Crippen molar-refractivity contribution in [2.24, 2.45) is 4.99 Å². The summed E-state index contributed by atoms with van der Waals surface area (Å²) >= 11 is 6.13. The molecule has 0 saturated heterocycles. The van der Waals surface area contributed by atoms with Crippen molar-refractivity contribution in [1.29, 1.82) is 0 Å². The summed E-state index contributed by atoms with van der Waals surface area (Å²) in [5.74, 6) is 8.11. The molecule has 7 heteroatoms. The summed E-state index contributed by atoms with van der Waals surface area (Å²) in [5, 5.41) is 9.24. The lowest BCUT2D eigenvalue weighted by molar-refractivity contribution is -0.117. The molecule has 3 heterocycles. The van der Waals surface area contributed by atoms with E-state index in [2.05, 4.69) is 22.0 Å². The number of fused-ring (bicyclic) bond motifs is 4. The smallest absolute Gasteiger partial charge is 0.232 e. The first kappa shape index (κ1) is 21.3. The molecule has 0 atom stereocenters. The Morgan fingerprint density at radius 3 is 2.69 bits per heavy atom. The fraction of sp³-hybridized carbons (Fsp3) is 0.143. The summed E-state index contributed by atoms with van der Waals surface area (Å²) in [5.41, 5.74) is 6.57. The first-order chi connectivity index (χ1) is 17.1. The molecule has 0 aliphatic carbocycles. The Kier molecular flexibility index (Phi) is 5.20. The fourth-order valence-corrected chi connectivity index (χ4v) is 4.75. The van der Waals surface area contributed by atoms with E-state index in [9.17, 15) is 4.79 Å². The van der Waals surface area contributed by atoms with Gasteiger partial charge in [-0.05, 0) is 48.9 Å². The number of hydrogen-bond acceptors (Lipinski definition) is 4. The quantitative estimate of drug-likeness (QED) is 0.399. The molecule has 0 radical (unpaired) electrons. The number of halogens is 1. The zero-order chi connectivity index (χ0) is 23.9. The highest BCUT2D eigenvalue weighted by Gasteiger charge is 2.26. The zero-order valence-corrected chi connectivity index (χ0v) is 19.8. The van der Waals surface area contributed by atoms with Gasteiger partial charge >= 0.3 is 0 Å². The third kappa shape index (κ3) is 3.80. The van der Waals surface area contributed by atoms with Gasteiger partial charge in [-0.1, -0.05) is 53.8 Å². The molecule has 6 nitrogen and oxygen atoms in total. The number of carbonyl (C=O) groups excluding carboxylic acids is 1. The van der Waals surface area contributed by atoms with Gasteiger partial charge in [-0.3, -0.25) is 14.4 Å². The van der Waals surface area contributed by atoms with Crippen molar-refractivity contribution in [2.75, 3.05) is 11.4 Å². The molecule has 3 aromatic carbocycles. The van der Waals surface area contributed by atoms with Gasteiger partial charge in [-0.2, -0.15) is 0 Å². The van der Waals surface area contributed by atoms with Gasteiger partial charge < -0.3 is 4.90 Å². The lowest BCUT2D eigenvalue weighted by Gasteiger charge is -2.14. The number of benzene rings is 3. The van der Waals surface area contributed by atoms with Gasteiger partial charge in [0.1, 0.15) is 12.4 Å². The van der Waals surface area contributed by atoms with Crippen molar-refractivity contribution in [1.82, 2.24) is 14.8 Å². The van der Waals surface area contributed by atoms with Gasteiger partial charge in [0.05, 0.1) is 24.4 Å². The van der Waals surface area contributed by atoms with E-state index < -0.39 is 0 Å². The molecular weight excluding hydrogens is 458 g/mol. The molecule has 170 valence electrons. The van der Waals surface area contributed by atoms with Gasteiger partial charge in [0.25, 0.3) is 0 Å². The van der Waals surface area contributed by atoms with E-state index in [1.165, 1.54) is 0 Å². The third-order valence-corrected chi connectivity index (χ3v) is 6.53. The first-order valence-electron chi connectivity index (χ1n) is 11.3. The van der Waals surface area contributed by atoms with E-state index in [1.807, 2.05) is 78.2 Å². The second-order valence-corrected chi connectivity index (χ2v) is 8.93. The van der Waals surface area contributed by atoms with Crippen LogP contribution in [0.4, 0.5) is 5.69 Å². The van der Waals surface area contributed by atoms with Crippen molar-refractivity contribution >= 4 is 28.9 Å². The minimum absolute atomic E-state index is 0.0789. The number of aliphatic imine (C=N–C) groups is 1. The second kappa shape index (κ2) is 8.53. The van der Waals surface area contributed by atoms with Crippen molar-refractivity contribution in [2.45, 2.75) is 19.9 Å². The Bertz CT molecular complexity index is 1570. The summed E-state index contributed by atoms with van der Waals surface area (Å²) < 4.78 is 2.04. The highest BCUT2D eigenvalue weighted by atomic mass is 35.5. The SMILES string of the molecule is Cc1nnc2n1-c1ccc(C#CCN3C(=O)Cc4ccccc43)cc1C(c1ccc(Cl)cc1)=NC2. The van der Waals surface area contributed by atoms with Crippen LogP contribution in [0.3, 0.4) is 0 Å². The van der Waals surface area contributed by atoms with Crippen LogP contribution in [0.2, 0.25) is 5.02 Å². The minimum Gasteiger partial charge on any atom is -0.300 e. The Hall–Kier alpha value is -4.21. The normalized spacial score (nSPS) is 13.8. The van der Waals surface area contributed by atoms with E-state index in [4.69, 9.17) is 16.6 Å². The van der Waals surface area contributed by atoms with Crippen LogP contribution >= 0.6 is 11.6 Å². The average Bonchev–Trinajstić information content (AvgIpc) is 3.33. The van der Waals surface area contributed by atoms with Crippen molar-refractivity contribution < 1.29 is 4.79 Å². The molecule has 0 spiro atoms. The van der Waals surface area contributed by atoms with Crippen molar-refractivity contribution in [3.8, 4) is 17.5 Å². The topological polar surface area (TPSA) is 63.4 Å². The third-order valence-electron chi connectivity index (χ3n) is 6.28. The Morgan fingerprint density at radius 1 is 1.00 bits per heavy atom. The largest absolute Gasteiger partial charge is 0.300 e. The van der Waals surface area contributed by atoms with Gasteiger partial charge in [-0.15, -0.1) is 10.2 Å².